The van der Waals surface area contributed by atoms with Gasteiger partial charge >= 0.3 is 0 Å². The molecule has 1 saturated heterocycles. The van der Waals surface area contributed by atoms with Gasteiger partial charge in [-0.15, -0.1) is 0 Å². The molecule has 0 aliphatic carbocycles. The molecule has 1 amide bonds. The minimum atomic E-state index is -0.531. The molecule has 0 spiro atoms. The van der Waals surface area contributed by atoms with E-state index in [9.17, 15) is 4.79 Å². The van der Waals surface area contributed by atoms with Gasteiger partial charge in [-0.25, -0.2) is 0 Å². The first-order chi connectivity index (χ1) is 14.6. The van der Waals surface area contributed by atoms with Crippen molar-refractivity contribution >= 4 is 11.6 Å². The minimum Gasteiger partial charge on any atom is -0.492 e. The molecule has 1 N–H and O–H groups in total. The first kappa shape index (κ1) is 20.0. The highest BCUT2D eigenvalue weighted by Gasteiger charge is 2.46. The molecule has 0 bridgehead atoms. The normalized spacial score (nSPS) is 18.3. The molecule has 1 atom stereocenters. The molecule has 4 rings (SSSR count). The van der Waals surface area contributed by atoms with E-state index in [1.807, 2.05) is 91.9 Å². The lowest BCUT2D eigenvalue weighted by Crippen LogP contribution is -2.65. The smallest absolute Gasteiger partial charge is 0.244 e. The Labute approximate surface area is 177 Å². The molecule has 1 heterocycles. The molecule has 1 aliphatic rings. The summed E-state index contributed by atoms with van der Waals surface area (Å²) in [6.45, 7) is 4.13. The summed E-state index contributed by atoms with van der Waals surface area (Å²) in [7, 11) is 0. The Morgan fingerprint density at radius 3 is 2.27 bits per heavy atom. The SMILES string of the molecule is CC1(C(=O)Nc2cccc(Oc3ccccc3)c2)CCN1CCOc1ccccc1. The van der Waals surface area contributed by atoms with Gasteiger partial charge in [-0.2, -0.15) is 0 Å². The predicted molar refractivity (Wildman–Crippen MR) is 118 cm³/mol. The largest absolute Gasteiger partial charge is 0.492 e. The van der Waals surface area contributed by atoms with Crippen LogP contribution in [0.1, 0.15) is 13.3 Å². The number of likely N-dealkylation sites (tertiary alicyclic amines) is 1. The van der Waals surface area contributed by atoms with Crippen molar-refractivity contribution < 1.29 is 14.3 Å². The molecule has 1 aliphatic heterocycles. The lowest BCUT2D eigenvalue weighted by atomic mass is 9.85. The summed E-state index contributed by atoms with van der Waals surface area (Å²) in [6.07, 6.45) is 0.824. The van der Waals surface area contributed by atoms with Gasteiger partial charge in [0.1, 0.15) is 23.9 Å². The van der Waals surface area contributed by atoms with Gasteiger partial charge in [0, 0.05) is 24.8 Å². The summed E-state index contributed by atoms with van der Waals surface area (Å²) in [4.78, 5) is 15.2. The lowest BCUT2D eigenvalue weighted by molar-refractivity contribution is -0.135. The average molecular weight is 402 g/mol. The molecule has 1 fully saturated rings. The Hall–Kier alpha value is -3.31. The zero-order valence-corrected chi connectivity index (χ0v) is 17.1. The fourth-order valence-electron chi connectivity index (χ4n) is 3.54. The fourth-order valence-corrected chi connectivity index (χ4v) is 3.54. The molecule has 1 unspecified atom stereocenters. The van der Waals surface area contributed by atoms with Crippen LogP contribution in [0.15, 0.2) is 84.9 Å². The Balaban J connectivity index is 1.33. The summed E-state index contributed by atoms with van der Waals surface area (Å²) in [5, 5.41) is 3.05. The van der Waals surface area contributed by atoms with Crippen LogP contribution in [0.2, 0.25) is 0 Å². The number of carbonyl (C=O) groups excluding carboxylic acids is 1. The van der Waals surface area contributed by atoms with Gasteiger partial charge in [0.15, 0.2) is 0 Å². The van der Waals surface area contributed by atoms with Gasteiger partial charge in [0.25, 0.3) is 0 Å². The maximum Gasteiger partial charge on any atom is 0.244 e. The van der Waals surface area contributed by atoms with Gasteiger partial charge in [-0.3, -0.25) is 9.69 Å². The number of hydrogen-bond donors (Lipinski definition) is 1. The molecule has 30 heavy (non-hydrogen) atoms. The van der Waals surface area contributed by atoms with Crippen molar-refractivity contribution in [1.29, 1.82) is 0 Å². The number of rotatable bonds is 8. The van der Waals surface area contributed by atoms with Crippen molar-refractivity contribution in [3.63, 3.8) is 0 Å². The van der Waals surface area contributed by atoms with Gasteiger partial charge in [-0.05, 0) is 49.7 Å². The standard InChI is InChI=1S/C25H26N2O3/c1-25(15-16-27(25)17-18-29-21-10-4-2-5-11-21)24(28)26-20-9-8-14-23(19-20)30-22-12-6-3-7-13-22/h2-14,19H,15-18H2,1H3,(H,26,28). The number of ether oxygens (including phenoxy) is 2. The Morgan fingerprint density at radius 2 is 1.60 bits per heavy atom. The summed E-state index contributed by atoms with van der Waals surface area (Å²) in [5.74, 6) is 2.28. The third-order valence-electron chi connectivity index (χ3n) is 5.50. The van der Waals surface area contributed by atoms with E-state index >= 15 is 0 Å². The van der Waals surface area contributed by atoms with Crippen LogP contribution in [-0.4, -0.2) is 36.0 Å². The van der Waals surface area contributed by atoms with Crippen molar-refractivity contribution in [3.8, 4) is 17.2 Å². The average Bonchev–Trinajstić information content (AvgIpc) is 2.77. The first-order valence-corrected chi connectivity index (χ1v) is 10.2. The van der Waals surface area contributed by atoms with Crippen LogP contribution >= 0.6 is 0 Å². The number of amides is 1. The molecule has 154 valence electrons. The summed E-state index contributed by atoms with van der Waals surface area (Å²) >= 11 is 0. The van der Waals surface area contributed by atoms with Crippen LogP contribution < -0.4 is 14.8 Å². The van der Waals surface area contributed by atoms with Gasteiger partial charge in [0.2, 0.25) is 5.91 Å². The third-order valence-corrected chi connectivity index (χ3v) is 5.50. The van der Waals surface area contributed by atoms with E-state index in [1.165, 1.54) is 0 Å². The predicted octanol–water partition coefficient (Wildman–Crippen LogP) is 4.96. The van der Waals surface area contributed by atoms with Crippen LogP contribution in [0.5, 0.6) is 17.2 Å². The van der Waals surface area contributed by atoms with E-state index in [4.69, 9.17) is 9.47 Å². The third kappa shape index (κ3) is 4.63. The summed E-state index contributed by atoms with van der Waals surface area (Å²) in [5.41, 5.74) is 0.193. The zero-order chi connectivity index (χ0) is 20.8. The van der Waals surface area contributed by atoms with E-state index < -0.39 is 5.54 Å². The maximum absolute atomic E-state index is 13.0. The van der Waals surface area contributed by atoms with Crippen molar-refractivity contribution in [1.82, 2.24) is 4.90 Å². The molecule has 5 nitrogen and oxygen atoms in total. The van der Waals surface area contributed by atoms with Crippen LogP contribution in [0.4, 0.5) is 5.69 Å². The molecule has 3 aromatic carbocycles. The number of para-hydroxylation sites is 2. The highest BCUT2D eigenvalue weighted by molar-refractivity contribution is 5.98. The second-order valence-corrected chi connectivity index (χ2v) is 7.57. The Morgan fingerprint density at radius 1 is 0.933 bits per heavy atom. The summed E-state index contributed by atoms with van der Waals surface area (Å²) < 4.78 is 11.7. The van der Waals surface area contributed by atoms with Crippen molar-refractivity contribution in [2.45, 2.75) is 18.9 Å². The number of anilines is 1. The second-order valence-electron chi connectivity index (χ2n) is 7.57. The summed E-state index contributed by atoms with van der Waals surface area (Å²) in [6, 6.07) is 26.8. The van der Waals surface area contributed by atoms with Crippen molar-refractivity contribution in [3.05, 3.63) is 84.9 Å². The fraction of sp³-hybridized carbons (Fsp3) is 0.240. The molecule has 0 saturated carbocycles. The second kappa shape index (κ2) is 9.01. The van der Waals surface area contributed by atoms with Crippen LogP contribution in [0.3, 0.4) is 0 Å². The monoisotopic (exact) mass is 402 g/mol. The highest BCUT2D eigenvalue weighted by atomic mass is 16.5. The lowest BCUT2D eigenvalue weighted by Gasteiger charge is -2.49. The molecule has 0 aromatic heterocycles. The maximum atomic E-state index is 13.0. The topological polar surface area (TPSA) is 50.8 Å². The van der Waals surface area contributed by atoms with E-state index in [1.54, 1.807) is 0 Å². The van der Waals surface area contributed by atoms with E-state index in [2.05, 4.69) is 10.2 Å². The number of hydrogen-bond acceptors (Lipinski definition) is 4. The molecule has 0 radical (unpaired) electrons. The van der Waals surface area contributed by atoms with E-state index in [0.717, 1.165) is 30.2 Å². The van der Waals surface area contributed by atoms with E-state index in [0.29, 0.717) is 18.9 Å². The van der Waals surface area contributed by atoms with Crippen molar-refractivity contribution in [2.75, 3.05) is 25.0 Å². The van der Waals surface area contributed by atoms with Gasteiger partial charge in [-0.1, -0.05) is 42.5 Å². The molecular formula is C25H26N2O3. The number of carbonyl (C=O) groups is 1. The number of benzene rings is 3. The zero-order valence-electron chi connectivity index (χ0n) is 17.1. The quantitative estimate of drug-likeness (QED) is 0.579. The molecule has 5 heteroatoms. The Bertz CT molecular complexity index is 978. The van der Waals surface area contributed by atoms with Crippen LogP contribution in [0.25, 0.3) is 0 Å². The Kier molecular flexibility index (Phi) is 6.00. The van der Waals surface area contributed by atoms with Crippen LogP contribution in [0, 0.1) is 0 Å². The van der Waals surface area contributed by atoms with Crippen LogP contribution in [-0.2, 0) is 4.79 Å². The van der Waals surface area contributed by atoms with Crippen molar-refractivity contribution in [2.24, 2.45) is 0 Å². The van der Waals surface area contributed by atoms with Gasteiger partial charge in [0.05, 0.1) is 5.54 Å². The number of nitrogens with one attached hydrogen (secondary N) is 1. The number of nitrogens with zero attached hydrogens (tertiary/aromatic N) is 1. The molecular weight excluding hydrogens is 376 g/mol. The first-order valence-electron chi connectivity index (χ1n) is 10.2. The van der Waals surface area contributed by atoms with E-state index in [-0.39, 0.29) is 5.91 Å². The molecule has 3 aromatic rings. The minimum absolute atomic E-state index is 0.00896. The highest BCUT2D eigenvalue weighted by Crippen LogP contribution is 2.32. The van der Waals surface area contributed by atoms with Gasteiger partial charge < -0.3 is 14.8 Å².